The molecule has 0 heterocycles. The molecule has 0 aromatic rings. The van der Waals surface area contributed by atoms with E-state index in [2.05, 4.69) is 20.0 Å². The number of hydrogen-bond acceptors (Lipinski definition) is 2. The largest absolute Gasteiger partial charge is 0.466 e. The number of unbranched alkanes of at least 4 members (excludes halogenated alkanes) is 13. The van der Waals surface area contributed by atoms with Crippen LogP contribution in [0.5, 0.6) is 0 Å². The molecule has 24 heavy (non-hydrogen) atoms. The second-order valence-corrected chi connectivity index (χ2v) is 19.4. The Morgan fingerprint density at radius 2 is 1.12 bits per heavy atom. The summed E-state index contributed by atoms with van der Waals surface area (Å²) in [4.78, 5) is 0. The van der Waals surface area contributed by atoms with Crippen molar-refractivity contribution in [1.82, 2.24) is 0 Å². The van der Waals surface area contributed by atoms with Crippen LogP contribution in [0.1, 0.15) is 96.8 Å². The molecule has 0 radical (unpaired) electrons. The van der Waals surface area contributed by atoms with Gasteiger partial charge in [-0.05, 0) is 12.6 Å². The van der Waals surface area contributed by atoms with Gasteiger partial charge in [0, 0.05) is 0 Å². The van der Waals surface area contributed by atoms with Gasteiger partial charge < -0.3 is 8.23 Å². The molecule has 0 amide bonds. The molecule has 2 unspecified atom stereocenters. The first-order chi connectivity index (χ1) is 11.7. The van der Waals surface area contributed by atoms with E-state index in [4.69, 9.17) is 8.23 Å². The summed E-state index contributed by atoms with van der Waals surface area (Å²) in [6.07, 6.45) is 20.3. The van der Waals surface area contributed by atoms with Crippen LogP contribution in [0.15, 0.2) is 0 Å². The van der Waals surface area contributed by atoms with Gasteiger partial charge in [-0.15, -0.1) is 0 Å². The molecule has 0 aromatic heterocycles. The van der Waals surface area contributed by atoms with Gasteiger partial charge >= 0.3 is 0 Å². The van der Waals surface area contributed by atoms with Crippen LogP contribution < -0.4 is 0 Å². The Labute approximate surface area is 161 Å². The maximum atomic E-state index is 6.14. The summed E-state index contributed by atoms with van der Waals surface area (Å²) in [6, 6.07) is 1.40. The summed E-state index contributed by atoms with van der Waals surface area (Å²) in [5.41, 5.74) is 0. The summed E-state index contributed by atoms with van der Waals surface area (Å²) in [5.74, 6) is 0. The Morgan fingerprint density at radius 1 is 0.708 bits per heavy atom. The second-order valence-electron chi connectivity index (χ2n) is 7.58. The fraction of sp³-hybridized carbons (Fsp3) is 1.00. The maximum Gasteiger partial charge on any atom is 0.170 e. The summed E-state index contributed by atoms with van der Waals surface area (Å²) >= 11 is 0. The van der Waals surface area contributed by atoms with Gasteiger partial charge in [-0.3, -0.25) is 0 Å². The molecule has 0 bridgehead atoms. The van der Waals surface area contributed by atoms with Crippen molar-refractivity contribution in [1.29, 1.82) is 0 Å². The van der Waals surface area contributed by atoms with Crippen LogP contribution in [-0.2, 0) is 8.23 Å². The van der Waals surface area contributed by atoms with E-state index < -0.39 is 17.6 Å². The second kappa shape index (κ2) is 20.1. The van der Waals surface area contributed by atoms with Gasteiger partial charge in [0.2, 0.25) is 0 Å². The molecule has 2 nitrogen and oxygen atoms in total. The molecule has 2 atom stereocenters. The van der Waals surface area contributed by atoms with Gasteiger partial charge in [0.25, 0.3) is 0 Å². The molecule has 0 aliphatic rings. The third-order valence-electron chi connectivity index (χ3n) is 4.98. The fourth-order valence-corrected chi connectivity index (χ4v) is 14.2. The number of rotatable bonds is 19. The summed E-state index contributed by atoms with van der Waals surface area (Å²) in [5, 5.41) is 0. The van der Waals surface area contributed by atoms with E-state index in [1.54, 1.807) is 0 Å². The van der Waals surface area contributed by atoms with Crippen molar-refractivity contribution in [2.45, 2.75) is 116 Å². The molecule has 0 fully saturated rings. The fourth-order valence-electron chi connectivity index (χ4n) is 3.08. The minimum Gasteiger partial charge on any atom is -0.466 e. The van der Waals surface area contributed by atoms with Crippen LogP contribution in [-0.4, -0.2) is 37.4 Å². The molecular weight excluding hydrogens is 361 g/mol. The molecule has 146 valence electrons. The third-order valence-corrected chi connectivity index (χ3v) is 19.1. The average molecular weight is 407 g/mol. The van der Waals surface area contributed by atoms with Gasteiger partial charge in [0.1, 0.15) is 10.5 Å². The zero-order valence-corrected chi connectivity index (χ0v) is 23.0. The Hall–Kier alpha value is 0.788. The number of hydrogen-bond donors (Lipinski definition) is 0. The third kappa shape index (κ3) is 19.1. The van der Waals surface area contributed by atoms with Gasteiger partial charge in [-0.25, -0.2) is 0 Å². The average Bonchev–Trinajstić information content (AvgIpc) is 2.59. The molecule has 0 N–H and O–H groups in total. The Morgan fingerprint density at radius 3 is 1.54 bits per heavy atom. The SMILES string of the molecule is CCCCCCCCCCCCCCCC[SiH](C)O[SiH2][SiH](C)O[SiH3]. The van der Waals surface area contributed by atoms with Gasteiger partial charge in [-0.1, -0.05) is 103 Å². The monoisotopic (exact) mass is 406 g/mol. The smallest absolute Gasteiger partial charge is 0.170 e. The molecular formula is C18H46O2Si4. The highest BCUT2D eigenvalue weighted by Gasteiger charge is 2.08. The normalized spacial score (nSPS) is 14.6. The van der Waals surface area contributed by atoms with E-state index in [0.717, 1.165) is 10.5 Å². The van der Waals surface area contributed by atoms with Crippen LogP contribution in [0, 0.1) is 0 Å². The zero-order valence-electron chi connectivity index (χ0n) is 17.3. The predicted octanol–water partition coefficient (Wildman–Crippen LogP) is 4.07. The lowest BCUT2D eigenvalue weighted by atomic mass is 10.0. The van der Waals surface area contributed by atoms with E-state index in [1.165, 1.54) is 95.9 Å². The standard InChI is InChI=1S/C18H46O2Si4/c1-4-5-6-7-8-9-10-11-12-13-14-15-16-17-18-23(2)20-22-24(3)19-21/h23-24H,4-18,22H2,1-3,21H3. The van der Waals surface area contributed by atoms with E-state index in [-0.39, 0.29) is 9.28 Å². The zero-order chi connectivity index (χ0) is 17.9. The minimum atomic E-state index is -0.829. The summed E-state index contributed by atoms with van der Waals surface area (Å²) in [7, 11) is -0.975. The van der Waals surface area contributed by atoms with Crippen molar-refractivity contribution in [2.24, 2.45) is 0 Å². The molecule has 0 aliphatic carbocycles. The van der Waals surface area contributed by atoms with Crippen LogP contribution in [0.4, 0.5) is 0 Å². The van der Waals surface area contributed by atoms with Crippen molar-refractivity contribution in [3.63, 3.8) is 0 Å². The van der Waals surface area contributed by atoms with Crippen molar-refractivity contribution >= 4 is 37.4 Å². The molecule has 0 aliphatic heterocycles. The molecule has 0 spiro atoms. The highest BCUT2D eigenvalue weighted by atomic mass is 29.2. The van der Waals surface area contributed by atoms with Crippen LogP contribution >= 0.6 is 0 Å². The first-order valence-corrected chi connectivity index (χ1v) is 19.6. The highest BCUT2D eigenvalue weighted by Crippen LogP contribution is 2.14. The van der Waals surface area contributed by atoms with Crippen LogP contribution in [0.25, 0.3) is 0 Å². The van der Waals surface area contributed by atoms with Crippen molar-refractivity contribution in [3.05, 3.63) is 0 Å². The topological polar surface area (TPSA) is 18.5 Å². The van der Waals surface area contributed by atoms with Crippen molar-refractivity contribution in [3.8, 4) is 0 Å². The maximum absolute atomic E-state index is 6.14. The Kier molecular flexibility index (Phi) is 20.8. The van der Waals surface area contributed by atoms with Crippen LogP contribution in [0.3, 0.4) is 0 Å². The quantitative estimate of drug-likeness (QED) is 0.238. The lowest BCUT2D eigenvalue weighted by Crippen LogP contribution is -2.29. The Balaban J connectivity index is 3.12. The van der Waals surface area contributed by atoms with Crippen LogP contribution in [0.2, 0.25) is 19.1 Å². The lowest BCUT2D eigenvalue weighted by molar-refractivity contribution is 0.536. The van der Waals surface area contributed by atoms with Gasteiger partial charge in [-0.2, -0.15) is 0 Å². The van der Waals surface area contributed by atoms with Crippen molar-refractivity contribution in [2.75, 3.05) is 0 Å². The van der Waals surface area contributed by atoms with Gasteiger partial charge in [0.05, 0.1) is 0 Å². The first-order valence-electron chi connectivity index (χ1n) is 10.8. The van der Waals surface area contributed by atoms with E-state index in [1.807, 2.05) is 0 Å². The summed E-state index contributed by atoms with van der Waals surface area (Å²) < 4.78 is 11.7. The molecule has 0 aromatic carbocycles. The summed E-state index contributed by atoms with van der Waals surface area (Å²) in [6.45, 7) is 7.00. The first kappa shape index (κ1) is 24.8. The molecule has 0 saturated heterocycles. The van der Waals surface area contributed by atoms with Crippen molar-refractivity contribution < 1.29 is 8.23 Å². The van der Waals surface area contributed by atoms with E-state index >= 15 is 0 Å². The lowest BCUT2D eigenvalue weighted by Gasteiger charge is -2.14. The molecule has 0 rings (SSSR count). The predicted molar refractivity (Wildman–Crippen MR) is 122 cm³/mol. The minimum absolute atomic E-state index is 0.263. The highest BCUT2D eigenvalue weighted by molar-refractivity contribution is 7.08. The molecule has 0 saturated carbocycles. The van der Waals surface area contributed by atoms with Gasteiger partial charge in [0.15, 0.2) is 26.9 Å². The van der Waals surface area contributed by atoms with E-state index in [0.29, 0.717) is 0 Å². The molecule has 6 heteroatoms. The van der Waals surface area contributed by atoms with E-state index in [9.17, 15) is 0 Å². The Bertz CT molecular complexity index is 245.